The van der Waals surface area contributed by atoms with Gasteiger partial charge in [-0.15, -0.1) is 0 Å². The van der Waals surface area contributed by atoms with E-state index in [0.717, 1.165) is 23.2 Å². The van der Waals surface area contributed by atoms with Crippen LogP contribution in [0.15, 0.2) is 46.9 Å². The van der Waals surface area contributed by atoms with E-state index in [2.05, 4.69) is 63.7 Å². The third-order valence-corrected chi connectivity index (χ3v) is 5.47. The fraction of sp³-hybridized carbons (Fsp3) is 0.400. The molecule has 24 heavy (non-hydrogen) atoms. The fourth-order valence-electron chi connectivity index (χ4n) is 3.91. The van der Waals surface area contributed by atoms with Crippen LogP contribution in [0.5, 0.6) is 5.75 Å². The first-order valence-electron chi connectivity index (χ1n) is 8.66. The van der Waals surface area contributed by atoms with Gasteiger partial charge in [-0.3, -0.25) is 0 Å². The molecule has 4 rings (SSSR count). The Bertz CT molecular complexity index is 716. The van der Waals surface area contributed by atoms with Gasteiger partial charge in [0.1, 0.15) is 5.75 Å². The number of rotatable bonds is 3. The Hall–Kier alpha value is -1.52. The Labute approximate surface area is 151 Å². The van der Waals surface area contributed by atoms with Crippen LogP contribution in [0.1, 0.15) is 43.0 Å². The average Bonchev–Trinajstić information content (AvgIpc) is 2.62. The smallest absolute Gasteiger partial charge is 0.119 e. The number of nitrogens with one attached hydrogen (secondary N) is 1. The van der Waals surface area contributed by atoms with Crippen molar-refractivity contribution in [2.45, 2.75) is 31.9 Å². The van der Waals surface area contributed by atoms with Crippen LogP contribution in [-0.2, 0) is 4.74 Å². The molecule has 2 aliphatic heterocycles. The molecule has 0 aliphatic carbocycles. The molecule has 0 radical (unpaired) electrons. The second-order valence-electron chi connectivity index (χ2n) is 6.45. The highest BCUT2D eigenvalue weighted by atomic mass is 79.9. The van der Waals surface area contributed by atoms with E-state index in [4.69, 9.17) is 9.47 Å². The van der Waals surface area contributed by atoms with Gasteiger partial charge in [0.2, 0.25) is 0 Å². The maximum absolute atomic E-state index is 6.19. The molecule has 2 heterocycles. The van der Waals surface area contributed by atoms with Gasteiger partial charge in [0, 0.05) is 28.2 Å². The number of benzene rings is 2. The average molecular weight is 388 g/mol. The monoisotopic (exact) mass is 387 g/mol. The number of hydrogen-bond acceptors (Lipinski definition) is 3. The molecular weight excluding hydrogens is 366 g/mol. The summed E-state index contributed by atoms with van der Waals surface area (Å²) < 4.78 is 12.9. The maximum Gasteiger partial charge on any atom is 0.119 e. The minimum atomic E-state index is 0.170. The van der Waals surface area contributed by atoms with Crippen LogP contribution in [0.25, 0.3) is 0 Å². The van der Waals surface area contributed by atoms with E-state index in [1.54, 1.807) is 0 Å². The summed E-state index contributed by atoms with van der Waals surface area (Å²) in [6.45, 7) is 3.56. The van der Waals surface area contributed by atoms with Crippen molar-refractivity contribution in [2.24, 2.45) is 5.92 Å². The van der Waals surface area contributed by atoms with Crippen LogP contribution in [0.4, 0.5) is 5.69 Å². The molecule has 1 N–H and O–H groups in total. The lowest BCUT2D eigenvalue weighted by molar-refractivity contribution is -0.0381. The first kappa shape index (κ1) is 16.0. The van der Waals surface area contributed by atoms with Crippen LogP contribution >= 0.6 is 15.9 Å². The van der Waals surface area contributed by atoms with Crippen molar-refractivity contribution >= 4 is 21.6 Å². The quantitative estimate of drug-likeness (QED) is 0.755. The number of halogens is 1. The molecule has 1 saturated heterocycles. The number of ether oxygens (including phenoxy) is 2. The zero-order valence-electron chi connectivity index (χ0n) is 13.8. The molecule has 0 bridgehead atoms. The van der Waals surface area contributed by atoms with Crippen LogP contribution in [-0.4, -0.2) is 13.2 Å². The van der Waals surface area contributed by atoms with Crippen molar-refractivity contribution in [3.8, 4) is 5.75 Å². The molecule has 2 aromatic carbocycles. The molecule has 4 heteroatoms. The van der Waals surface area contributed by atoms with Crippen molar-refractivity contribution < 1.29 is 9.47 Å². The van der Waals surface area contributed by atoms with Gasteiger partial charge in [0.05, 0.1) is 18.8 Å². The van der Waals surface area contributed by atoms with Gasteiger partial charge in [-0.2, -0.15) is 0 Å². The van der Waals surface area contributed by atoms with Gasteiger partial charge >= 0.3 is 0 Å². The molecule has 1 unspecified atom stereocenters. The van der Waals surface area contributed by atoms with Gasteiger partial charge in [-0.1, -0.05) is 28.1 Å². The van der Waals surface area contributed by atoms with Crippen molar-refractivity contribution in [2.75, 3.05) is 18.5 Å². The Balaban J connectivity index is 1.69. The summed E-state index contributed by atoms with van der Waals surface area (Å²) in [4.78, 5) is 0. The zero-order valence-corrected chi connectivity index (χ0v) is 15.4. The molecule has 3 nitrogen and oxygen atoms in total. The first-order valence-corrected chi connectivity index (χ1v) is 9.46. The molecule has 126 valence electrons. The lowest BCUT2D eigenvalue weighted by Gasteiger charge is -2.43. The van der Waals surface area contributed by atoms with Crippen molar-refractivity contribution in [3.63, 3.8) is 0 Å². The van der Waals surface area contributed by atoms with Crippen molar-refractivity contribution in [1.29, 1.82) is 0 Å². The minimum absolute atomic E-state index is 0.170. The van der Waals surface area contributed by atoms with Crippen LogP contribution < -0.4 is 10.1 Å². The normalized spacial score (nSPS) is 25.3. The van der Waals surface area contributed by atoms with E-state index in [1.165, 1.54) is 23.2 Å². The molecule has 0 saturated carbocycles. The molecule has 2 aliphatic rings. The van der Waals surface area contributed by atoms with Crippen LogP contribution in [0.2, 0.25) is 0 Å². The maximum atomic E-state index is 6.19. The molecule has 0 aromatic heterocycles. The van der Waals surface area contributed by atoms with Crippen LogP contribution in [0.3, 0.4) is 0 Å². The Morgan fingerprint density at radius 3 is 2.83 bits per heavy atom. The molecule has 0 spiro atoms. The zero-order chi connectivity index (χ0) is 16.5. The van der Waals surface area contributed by atoms with Gasteiger partial charge in [-0.05, 0) is 55.7 Å². The van der Waals surface area contributed by atoms with E-state index >= 15 is 0 Å². The summed E-state index contributed by atoms with van der Waals surface area (Å²) in [6.07, 6.45) is 2.48. The second-order valence-corrected chi connectivity index (χ2v) is 7.37. The number of fused-ring (bicyclic) bond motifs is 3. The van der Waals surface area contributed by atoms with E-state index in [9.17, 15) is 0 Å². The third kappa shape index (κ3) is 2.93. The minimum Gasteiger partial charge on any atom is -0.494 e. The highest BCUT2D eigenvalue weighted by Gasteiger charge is 2.39. The topological polar surface area (TPSA) is 30.5 Å². The van der Waals surface area contributed by atoms with Crippen molar-refractivity contribution in [3.05, 3.63) is 58.1 Å². The third-order valence-electron chi connectivity index (χ3n) is 4.98. The first-order chi connectivity index (χ1) is 11.8. The van der Waals surface area contributed by atoms with Gasteiger partial charge in [-0.25, -0.2) is 0 Å². The SMILES string of the molecule is CCOc1ccc(C2Nc3ccc(Br)cc3[C@H]3OCCC[C@@H]23)cc1. The highest BCUT2D eigenvalue weighted by Crippen LogP contribution is 2.49. The molecule has 0 amide bonds. The van der Waals surface area contributed by atoms with Gasteiger partial charge in [0.15, 0.2) is 0 Å². The largest absolute Gasteiger partial charge is 0.494 e. The summed E-state index contributed by atoms with van der Waals surface area (Å²) in [6, 6.07) is 15.2. The Kier molecular flexibility index (Phi) is 4.51. The summed E-state index contributed by atoms with van der Waals surface area (Å²) in [5.41, 5.74) is 3.75. The van der Waals surface area contributed by atoms with Crippen LogP contribution in [0, 0.1) is 5.92 Å². The summed E-state index contributed by atoms with van der Waals surface area (Å²) in [5, 5.41) is 3.75. The fourth-order valence-corrected chi connectivity index (χ4v) is 4.29. The summed E-state index contributed by atoms with van der Waals surface area (Å²) in [5.74, 6) is 1.39. The Morgan fingerprint density at radius 1 is 1.21 bits per heavy atom. The summed E-state index contributed by atoms with van der Waals surface area (Å²) >= 11 is 3.59. The summed E-state index contributed by atoms with van der Waals surface area (Å²) in [7, 11) is 0. The van der Waals surface area contributed by atoms with Crippen molar-refractivity contribution in [1.82, 2.24) is 0 Å². The second kappa shape index (κ2) is 6.77. The predicted molar refractivity (Wildman–Crippen MR) is 99.5 cm³/mol. The van der Waals surface area contributed by atoms with E-state index in [0.29, 0.717) is 12.5 Å². The Morgan fingerprint density at radius 2 is 2.04 bits per heavy atom. The molecule has 2 aromatic rings. The molecule has 1 fully saturated rings. The number of anilines is 1. The lowest BCUT2D eigenvalue weighted by Crippen LogP contribution is -2.35. The van der Waals surface area contributed by atoms with E-state index < -0.39 is 0 Å². The van der Waals surface area contributed by atoms with Gasteiger partial charge in [0.25, 0.3) is 0 Å². The van der Waals surface area contributed by atoms with E-state index in [1.807, 2.05) is 6.92 Å². The molecule has 3 atom stereocenters. The number of hydrogen-bond donors (Lipinski definition) is 1. The highest BCUT2D eigenvalue weighted by molar-refractivity contribution is 9.10. The molecular formula is C20H22BrNO2. The van der Waals surface area contributed by atoms with Gasteiger partial charge < -0.3 is 14.8 Å². The van der Waals surface area contributed by atoms with E-state index in [-0.39, 0.29) is 12.1 Å². The predicted octanol–water partition coefficient (Wildman–Crippen LogP) is 5.48. The lowest BCUT2D eigenvalue weighted by atomic mass is 9.77. The standard InChI is InChI=1S/C20H22BrNO2/c1-2-23-15-8-5-13(6-9-15)19-16-4-3-11-24-20(16)17-12-14(21)7-10-18(17)22-19/h5-10,12,16,19-20,22H,2-4,11H2,1H3/t16-,19?,20-/m0/s1.